The lowest BCUT2D eigenvalue weighted by Crippen LogP contribution is -2.04. The van der Waals surface area contributed by atoms with Gasteiger partial charge in [-0.3, -0.25) is 9.59 Å². The van der Waals surface area contributed by atoms with Gasteiger partial charge in [0.1, 0.15) is 11.5 Å². The van der Waals surface area contributed by atoms with Crippen LogP contribution in [0.2, 0.25) is 0 Å². The topological polar surface area (TPSA) is 104 Å². The van der Waals surface area contributed by atoms with E-state index in [1.165, 1.54) is 68.5 Å². The zero-order valence-corrected chi connectivity index (χ0v) is 20.7. The Morgan fingerprint density at radius 1 is 0.875 bits per heavy atom. The smallest absolute Gasteiger partial charge is 0.304 e. The van der Waals surface area contributed by atoms with Crippen LogP contribution in [0.1, 0.15) is 87.7 Å². The van der Waals surface area contributed by atoms with E-state index >= 15 is 0 Å². The Morgan fingerprint density at radius 2 is 1.41 bits per heavy atom. The number of aliphatic carboxylic acids is 2. The second-order valence-corrected chi connectivity index (χ2v) is 10.5. The molecule has 0 aromatic heterocycles. The first-order chi connectivity index (χ1) is 15.4. The van der Waals surface area contributed by atoms with Crippen LogP contribution in [-0.4, -0.2) is 45.4 Å². The molecular formula is C24H38O6S2. The lowest BCUT2D eigenvalue weighted by Gasteiger charge is -2.20. The molecule has 0 aliphatic rings. The van der Waals surface area contributed by atoms with E-state index < -0.39 is 11.9 Å². The number of hydrogen-bond acceptors (Lipinski definition) is 6. The molecule has 0 heterocycles. The Bertz CT molecular complexity index is 648. The minimum atomic E-state index is -0.871. The molecule has 1 rings (SSSR count). The number of phenolic OH excluding ortho intramolecular Hbond substituents is 1. The molecule has 3 N–H and O–H groups in total. The summed E-state index contributed by atoms with van der Waals surface area (Å²) in [7, 11) is 0. The average Bonchev–Trinajstić information content (AvgIpc) is 2.74. The first-order valence-corrected chi connectivity index (χ1v) is 13.7. The van der Waals surface area contributed by atoms with E-state index in [-0.39, 0.29) is 23.2 Å². The summed E-state index contributed by atoms with van der Waals surface area (Å²) >= 11 is 2.87. The van der Waals surface area contributed by atoms with Crippen LogP contribution in [0.25, 0.3) is 0 Å². The molecule has 1 aromatic rings. The maximum absolute atomic E-state index is 10.9. The van der Waals surface area contributed by atoms with Gasteiger partial charge in [0.15, 0.2) is 0 Å². The van der Waals surface area contributed by atoms with Crippen molar-refractivity contribution in [3.05, 3.63) is 23.8 Å². The summed E-state index contributed by atoms with van der Waals surface area (Å²) in [5, 5.41) is 27.9. The van der Waals surface area contributed by atoms with Crippen molar-refractivity contribution >= 4 is 35.5 Å². The molecule has 0 aliphatic heterocycles. The summed E-state index contributed by atoms with van der Waals surface area (Å²) in [6, 6.07) is 4.95. The Kier molecular flexibility index (Phi) is 16.0. The molecule has 6 nitrogen and oxygen atoms in total. The number of hydrogen-bond donors (Lipinski definition) is 3. The number of carboxylic acid groups (broad SMARTS) is 2. The second-order valence-electron chi connectivity index (χ2n) is 7.76. The van der Waals surface area contributed by atoms with E-state index in [0.717, 1.165) is 18.4 Å². The molecule has 0 spiro atoms. The largest absolute Gasteiger partial charge is 0.508 e. The normalized spacial score (nSPS) is 11.1. The number of thioether (sulfide) groups is 2. The van der Waals surface area contributed by atoms with Gasteiger partial charge in [-0.05, 0) is 24.6 Å². The minimum Gasteiger partial charge on any atom is -0.508 e. The molecule has 0 fully saturated rings. The van der Waals surface area contributed by atoms with Crippen LogP contribution in [0, 0.1) is 0 Å². The highest BCUT2D eigenvalue weighted by molar-refractivity contribution is 8.16. The zero-order chi connectivity index (χ0) is 23.6. The van der Waals surface area contributed by atoms with Crippen molar-refractivity contribution in [2.24, 2.45) is 0 Å². The van der Waals surface area contributed by atoms with Gasteiger partial charge in [0, 0.05) is 17.1 Å². The van der Waals surface area contributed by atoms with Crippen LogP contribution in [0.5, 0.6) is 11.5 Å². The van der Waals surface area contributed by atoms with Crippen molar-refractivity contribution in [3.8, 4) is 11.5 Å². The third-order valence-electron chi connectivity index (χ3n) is 4.92. The van der Waals surface area contributed by atoms with Crippen molar-refractivity contribution in [2.75, 3.05) is 18.1 Å². The molecule has 8 heteroatoms. The standard InChI is InChI=1S/C24H38O6S2/c1-2-3-4-5-6-7-8-9-10-15-30-21-12-11-19(25)18-20(21)24(31-16-13-22(26)27)32-17-14-23(28)29/h11-12,18,24-25H,2-10,13-17H2,1H3,(H,26,27)(H,28,29). The quantitative estimate of drug-likeness (QED) is 0.138. The van der Waals surface area contributed by atoms with Gasteiger partial charge < -0.3 is 20.1 Å². The zero-order valence-electron chi connectivity index (χ0n) is 19.1. The van der Waals surface area contributed by atoms with Crippen LogP contribution < -0.4 is 4.74 Å². The number of unbranched alkanes of at least 4 members (excludes halogenated alkanes) is 8. The highest BCUT2D eigenvalue weighted by Gasteiger charge is 2.19. The molecule has 0 aliphatic carbocycles. The summed E-state index contributed by atoms with van der Waals surface area (Å²) in [6.07, 6.45) is 11.1. The lowest BCUT2D eigenvalue weighted by atomic mass is 10.1. The summed E-state index contributed by atoms with van der Waals surface area (Å²) in [5.41, 5.74) is 0.770. The van der Waals surface area contributed by atoms with Crippen LogP contribution in [0.15, 0.2) is 18.2 Å². The predicted octanol–water partition coefficient (Wildman–Crippen LogP) is 6.72. The highest BCUT2D eigenvalue weighted by atomic mass is 32.2. The molecule has 0 saturated heterocycles. The van der Waals surface area contributed by atoms with Gasteiger partial charge in [0.2, 0.25) is 0 Å². The maximum Gasteiger partial charge on any atom is 0.304 e. The van der Waals surface area contributed by atoms with Crippen LogP contribution in [-0.2, 0) is 9.59 Å². The van der Waals surface area contributed by atoms with Crippen molar-refractivity contribution < 1.29 is 29.6 Å². The van der Waals surface area contributed by atoms with E-state index in [0.29, 0.717) is 23.9 Å². The summed E-state index contributed by atoms with van der Waals surface area (Å²) in [6.45, 7) is 2.81. The maximum atomic E-state index is 10.9. The molecule has 0 atom stereocenters. The minimum absolute atomic E-state index is 0.0219. The van der Waals surface area contributed by atoms with Crippen molar-refractivity contribution in [1.29, 1.82) is 0 Å². The molecule has 0 radical (unpaired) electrons. The number of benzene rings is 1. The third-order valence-corrected chi connectivity index (χ3v) is 7.73. The summed E-state index contributed by atoms with van der Waals surface area (Å²) < 4.78 is 5.81. The van der Waals surface area contributed by atoms with Crippen LogP contribution in [0.3, 0.4) is 0 Å². The number of ether oxygens (including phenoxy) is 1. The Morgan fingerprint density at radius 3 is 1.94 bits per heavy atom. The number of phenols is 1. The monoisotopic (exact) mass is 486 g/mol. The van der Waals surface area contributed by atoms with Crippen molar-refractivity contribution in [1.82, 2.24) is 0 Å². The average molecular weight is 487 g/mol. The van der Waals surface area contributed by atoms with Gasteiger partial charge >= 0.3 is 11.9 Å². The number of carbonyl (C=O) groups is 2. The Labute approximate surface area is 200 Å². The fourth-order valence-corrected chi connectivity index (χ4v) is 5.88. The molecule has 0 unspecified atom stereocenters. The fourth-order valence-electron chi connectivity index (χ4n) is 3.18. The molecule has 182 valence electrons. The summed E-state index contributed by atoms with van der Waals surface area (Å²) in [4.78, 5) is 21.8. The van der Waals surface area contributed by atoms with Gasteiger partial charge in [-0.15, -0.1) is 23.5 Å². The molecule has 0 bridgehead atoms. The predicted molar refractivity (Wildman–Crippen MR) is 133 cm³/mol. The fraction of sp³-hybridized carbons (Fsp3) is 0.667. The highest BCUT2D eigenvalue weighted by Crippen LogP contribution is 2.45. The number of rotatable bonds is 20. The van der Waals surface area contributed by atoms with Gasteiger partial charge in [-0.1, -0.05) is 58.3 Å². The van der Waals surface area contributed by atoms with Crippen LogP contribution >= 0.6 is 23.5 Å². The van der Waals surface area contributed by atoms with E-state index in [4.69, 9.17) is 14.9 Å². The SMILES string of the molecule is CCCCCCCCCCCOc1ccc(O)cc1C(SCCC(=O)O)SCCC(=O)O. The van der Waals surface area contributed by atoms with Crippen molar-refractivity contribution in [3.63, 3.8) is 0 Å². The van der Waals surface area contributed by atoms with E-state index in [1.54, 1.807) is 18.2 Å². The second kappa shape index (κ2) is 18.0. The molecule has 0 saturated carbocycles. The van der Waals surface area contributed by atoms with E-state index in [1.807, 2.05) is 0 Å². The third kappa shape index (κ3) is 13.8. The molecular weight excluding hydrogens is 448 g/mol. The molecule has 1 aromatic carbocycles. The molecule has 0 amide bonds. The van der Waals surface area contributed by atoms with Gasteiger partial charge in [-0.2, -0.15) is 0 Å². The van der Waals surface area contributed by atoms with Crippen molar-refractivity contribution in [2.45, 2.75) is 82.1 Å². The first kappa shape index (κ1) is 28.5. The van der Waals surface area contributed by atoms with Gasteiger partial charge in [0.25, 0.3) is 0 Å². The van der Waals surface area contributed by atoms with Crippen LogP contribution in [0.4, 0.5) is 0 Å². The Hall–Kier alpha value is -1.54. The Balaban J connectivity index is 2.57. The number of aromatic hydroxyl groups is 1. The first-order valence-electron chi connectivity index (χ1n) is 11.6. The van der Waals surface area contributed by atoms with E-state index in [2.05, 4.69) is 6.92 Å². The summed E-state index contributed by atoms with van der Waals surface area (Å²) in [5.74, 6) is -0.175. The van der Waals surface area contributed by atoms with Gasteiger partial charge in [0.05, 0.1) is 24.0 Å². The lowest BCUT2D eigenvalue weighted by molar-refractivity contribution is -0.137. The number of carboxylic acids is 2. The molecule has 32 heavy (non-hydrogen) atoms. The van der Waals surface area contributed by atoms with E-state index in [9.17, 15) is 14.7 Å². The van der Waals surface area contributed by atoms with Gasteiger partial charge in [-0.25, -0.2) is 0 Å².